The molecule has 2 rings (SSSR count). The highest BCUT2D eigenvalue weighted by Gasteiger charge is 2.22. The molecule has 2 aromatic heterocycles. The molecule has 0 amide bonds. The highest BCUT2D eigenvalue weighted by atomic mass is 19.1. The summed E-state index contributed by atoms with van der Waals surface area (Å²) < 4.78 is 16.0. The molecule has 1 N–H and O–H groups in total. The zero-order chi connectivity index (χ0) is 13.7. The number of imidazole rings is 1. The topological polar surface area (TPSA) is 42.7 Å². The van der Waals surface area contributed by atoms with Gasteiger partial charge < -0.3 is 9.88 Å². The molecule has 0 saturated carbocycles. The van der Waals surface area contributed by atoms with Crippen molar-refractivity contribution in [2.45, 2.75) is 32.9 Å². The Balaban J connectivity index is 2.39. The first kappa shape index (κ1) is 13.7. The Bertz CT molecular complexity index is 524. The average Bonchev–Trinajstić information content (AvgIpc) is 2.89. The van der Waals surface area contributed by atoms with Gasteiger partial charge in [0.15, 0.2) is 0 Å². The van der Waals surface area contributed by atoms with Crippen LogP contribution >= 0.6 is 0 Å². The van der Waals surface area contributed by atoms with Crippen molar-refractivity contribution in [3.63, 3.8) is 0 Å². The maximum Gasteiger partial charge on any atom is 0.146 e. The van der Waals surface area contributed by atoms with Crippen LogP contribution in [0.1, 0.15) is 37.8 Å². The van der Waals surface area contributed by atoms with Crippen LogP contribution in [-0.2, 0) is 6.54 Å². The van der Waals surface area contributed by atoms with Crippen molar-refractivity contribution in [3.8, 4) is 0 Å². The van der Waals surface area contributed by atoms with Crippen LogP contribution in [0.5, 0.6) is 0 Å². The lowest BCUT2D eigenvalue weighted by molar-refractivity contribution is 0.498. The van der Waals surface area contributed by atoms with E-state index in [4.69, 9.17) is 0 Å². The fraction of sp³-hybridized carbons (Fsp3) is 0.429. The molecule has 102 valence electrons. The van der Waals surface area contributed by atoms with E-state index >= 15 is 0 Å². The van der Waals surface area contributed by atoms with Crippen LogP contribution in [0.3, 0.4) is 0 Å². The number of hydrogen-bond acceptors (Lipinski definition) is 3. The van der Waals surface area contributed by atoms with E-state index in [1.54, 1.807) is 18.5 Å². The number of halogens is 1. The number of aromatic nitrogens is 3. The van der Waals surface area contributed by atoms with Gasteiger partial charge in [-0.1, -0.05) is 6.92 Å². The van der Waals surface area contributed by atoms with Crippen LogP contribution in [0, 0.1) is 5.82 Å². The van der Waals surface area contributed by atoms with Crippen LogP contribution in [-0.4, -0.2) is 21.1 Å². The standard InChI is InChI=1S/C14H19FN4/c1-3-7-16-13(12-11(15)6-5-8-17-12)14-18-9-10-19(14)4-2/h5-6,8-10,13,16H,3-4,7H2,1-2H3. The number of hydrogen-bond donors (Lipinski definition) is 1. The Hall–Kier alpha value is -1.75. The Kier molecular flexibility index (Phi) is 4.63. The van der Waals surface area contributed by atoms with Gasteiger partial charge in [0.1, 0.15) is 23.4 Å². The van der Waals surface area contributed by atoms with E-state index in [0.717, 1.165) is 25.3 Å². The highest BCUT2D eigenvalue weighted by Crippen LogP contribution is 2.21. The summed E-state index contributed by atoms with van der Waals surface area (Å²) in [6.07, 6.45) is 6.22. The number of pyridine rings is 1. The van der Waals surface area contributed by atoms with Gasteiger partial charge in [-0.25, -0.2) is 9.37 Å². The minimum absolute atomic E-state index is 0.304. The Morgan fingerprint density at radius 2 is 2.16 bits per heavy atom. The number of nitrogens with zero attached hydrogens (tertiary/aromatic N) is 3. The van der Waals surface area contributed by atoms with Crippen LogP contribution in [0.2, 0.25) is 0 Å². The van der Waals surface area contributed by atoms with E-state index in [1.165, 1.54) is 6.07 Å². The number of nitrogens with one attached hydrogen (secondary N) is 1. The van der Waals surface area contributed by atoms with E-state index in [0.29, 0.717) is 5.69 Å². The second-order valence-corrected chi connectivity index (χ2v) is 4.33. The molecule has 19 heavy (non-hydrogen) atoms. The van der Waals surface area contributed by atoms with Gasteiger partial charge in [0, 0.05) is 25.1 Å². The number of rotatable bonds is 6. The van der Waals surface area contributed by atoms with Gasteiger partial charge in [-0.3, -0.25) is 4.98 Å². The van der Waals surface area contributed by atoms with Gasteiger partial charge in [0.2, 0.25) is 0 Å². The van der Waals surface area contributed by atoms with Crippen molar-refractivity contribution in [2.75, 3.05) is 6.54 Å². The third-order valence-corrected chi connectivity index (χ3v) is 3.01. The van der Waals surface area contributed by atoms with Crippen LogP contribution < -0.4 is 5.32 Å². The van der Waals surface area contributed by atoms with Gasteiger partial charge in [0.25, 0.3) is 0 Å². The third-order valence-electron chi connectivity index (χ3n) is 3.01. The maximum absolute atomic E-state index is 14.0. The van der Waals surface area contributed by atoms with E-state index in [-0.39, 0.29) is 11.9 Å². The van der Waals surface area contributed by atoms with Gasteiger partial charge in [-0.2, -0.15) is 0 Å². The first-order valence-corrected chi connectivity index (χ1v) is 6.62. The number of aryl methyl sites for hydroxylation is 1. The molecular formula is C14H19FN4. The molecule has 0 saturated heterocycles. The third kappa shape index (κ3) is 2.98. The summed E-state index contributed by atoms with van der Waals surface area (Å²) >= 11 is 0. The minimum Gasteiger partial charge on any atom is -0.334 e. The molecule has 1 unspecified atom stereocenters. The predicted octanol–water partition coefficient (Wildman–Crippen LogP) is 2.53. The molecule has 0 radical (unpaired) electrons. The monoisotopic (exact) mass is 262 g/mol. The summed E-state index contributed by atoms with van der Waals surface area (Å²) in [5, 5.41) is 3.32. The zero-order valence-electron chi connectivity index (χ0n) is 11.3. The molecular weight excluding hydrogens is 243 g/mol. The van der Waals surface area contributed by atoms with Crippen LogP contribution in [0.25, 0.3) is 0 Å². The SMILES string of the molecule is CCCNC(c1ncccc1F)c1nccn1CC. The Labute approximate surface area is 112 Å². The fourth-order valence-electron chi connectivity index (χ4n) is 2.06. The normalized spacial score (nSPS) is 12.6. The summed E-state index contributed by atoms with van der Waals surface area (Å²) in [5.74, 6) is 0.496. The lowest BCUT2D eigenvalue weighted by Gasteiger charge is -2.19. The van der Waals surface area contributed by atoms with E-state index in [2.05, 4.69) is 22.2 Å². The minimum atomic E-state index is -0.309. The molecule has 5 heteroatoms. The first-order valence-electron chi connectivity index (χ1n) is 6.62. The molecule has 2 aromatic rings. The summed E-state index contributed by atoms with van der Waals surface area (Å²) in [4.78, 5) is 8.52. The Morgan fingerprint density at radius 1 is 1.32 bits per heavy atom. The predicted molar refractivity (Wildman–Crippen MR) is 72.2 cm³/mol. The summed E-state index contributed by atoms with van der Waals surface area (Å²) in [5.41, 5.74) is 0.400. The molecule has 0 aromatic carbocycles. The molecule has 4 nitrogen and oxygen atoms in total. The molecule has 0 bridgehead atoms. The fourth-order valence-corrected chi connectivity index (χ4v) is 2.06. The molecule has 1 atom stereocenters. The molecule has 0 aliphatic rings. The summed E-state index contributed by atoms with van der Waals surface area (Å²) in [6, 6.07) is 2.72. The van der Waals surface area contributed by atoms with Crippen molar-refractivity contribution >= 4 is 0 Å². The van der Waals surface area contributed by atoms with Gasteiger partial charge in [-0.05, 0) is 32.0 Å². The van der Waals surface area contributed by atoms with E-state index < -0.39 is 0 Å². The summed E-state index contributed by atoms with van der Waals surface area (Å²) in [6.45, 7) is 5.70. The van der Waals surface area contributed by atoms with Crippen LogP contribution in [0.4, 0.5) is 4.39 Å². The summed E-state index contributed by atoms with van der Waals surface area (Å²) in [7, 11) is 0. The Morgan fingerprint density at radius 3 is 2.84 bits per heavy atom. The molecule has 0 aliphatic heterocycles. The van der Waals surface area contributed by atoms with Crippen molar-refractivity contribution in [1.29, 1.82) is 0 Å². The van der Waals surface area contributed by atoms with Gasteiger partial charge in [-0.15, -0.1) is 0 Å². The zero-order valence-corrected chi connectivity index (χ0v) is 11.3. The second-order valence-electron chi connectivity index (χ2n) is 4.33. The van der Waals surface area contributed by atoms with Gasteiger partial charge >= 0.3 is 0 Å². The second kappa shape index (κ2) is 6.43. The van der Waals surface area contributed by atoms with Gasteiger partial charge in [0.05, 0.1) is 0 Å². The first-order chi connectivity index (χ1) is 9.27. The van der Waals surface area contributed by atoms with Crippen molar-refractivity contribution in [1.82, 2.24) is 19.9 Å². The smallest absolute Gasteiger partial charge is 0.146 e. The van der Waals surface area contributed by atoms with Crippen LogP contribution in [0.15, 0.2) is 30.7 Å². The molecule has 0 fully saturated rings. The largest absolute Gasteiger partial charge is 0.334 e. The lowest BCUT2D eigenvalue weighted by atomic mass is 10.1. The highest BCUT2D eigenvalue weighted by molar-refractivity contribution is 5.20. The van der Waals surface area contributed by atoms with Crippen molar-refractivity contribution in [2.24, 2.45) is 0 Å². The van der Waals surface area contributed by atoms with E-state index in [1.807, 2.05) is 17.7 Å². The molecule has 0 aliphatic carbocycles. The quantitative estimate of drug-likeness (QED) is 0.870. The maximum atomic E-state index is 14.0. The lowest BCUT2D eigenvalue weighted by Crippen LogP contribution is -2.27. The average molecular weight is 262 g/mol. The van der Waals surface area contributed by atoms with E-state index in [9.17, 15) is 4.39 Å². The molecule has 2 heterocycles. The van der Waals surface area contributed by atoms with Crippen molar-refractivity contribution in [3.05, 3.63) is 48.1 Å². The van der Waals surface area contributed by atoms with Crippen molar-refractivity contribution < 1.29 is 4.39 Å². The molecule has 0 spiro atoms.